The van der Waals surface area contributed by atoms with Gasteiger partial charge in [-0.1, -0.05) is 24.3 Å². The molecule has 3 rings (SSSR count). The molecular weight excluding hydrogens is 202 g/mol. The van der Waals surface area contributed by atoms with E-state index in [1.54, 1.807) is 6.20 Å². The minimum Gasteiger partial charge on any atom is -0.433 e. The van der Waals surface area contributed by atoms with Gasteiger partial charge in [0.2, 0.25) is 0 Å². The highest BCUT2D eigenvalue weighted by atomic mass is 16.6. The van der Waals surface area contributed by atoms with Crippen molar-refractivity contribution in [2.75, 3.05) is 0 Å². The van der Waals surface area contributed by atoms with Gasteiger partial charge in [0.05, 0.1) is 0 Å². The van der Waals surface area contributed by atoms with Crippen LogP contribution < -0.4 is 5.32 Å². The van der Waals surface area contributed by atoms with Crippen molar-refractivity contribution >= 4 is 6.09 Å². The summed E-state index contributed by atoms with van der Waals surface area (Å²) >= 11 is 0. The van der Waals surface area contributed by atoms with Crippen molar-refractivity contribution in [2.45, 2.75) is 24.9 Å². The van der Waals surface area contributed by atoms with E-state index in [1.165, 1.54) is 5.56 Å². The Labute approximate surface area is 94.1 Å². The predicted octanol–water partition coefficient (Wildman–Crippen LogP) is 2.47. The lowest BCUT2D eigenvalue weighted by atomic mass is 9.78. The zero-order valence-corrected chi connectivity index (χ0v) is 8.90. The molecule has 1 unspecified atom stereocenters. The number of hydrogen-bond donors (Lipinski definition) is 1. The smallest absolute Gasteiger partial charge is 0.412 e. The molecule has 0 saturated carbocycles. The summed E-state index contributed by atoms with van der Waals surface area (Å²) < 4.78 is 5.50. The average molecular weight is 215 g/mol. The number of benzene rings is 1. The molecule has 0 aromatic heterocycles. The molecule has 1 aliphatic carbocycles. The van der Waals surface area contributed by atoms with Crippen LogP contribution in [0.25, 0.3) is 0 Å². The zero-order valence-electron chi connectivity index (χ0n) is 8.90. The third-order valence-corrected chi connectivity index (χ3v) is 3.30. The number of ether oxygens (including phenoxy) is 1. The zero-order chi connectivity index (χ0) is 11.0. The Hall–Kier alpha value is -1.77. The highest BCUT2D eigenvalue weighted by molar-refractivity contribution is 5.71. The Bertz CT molecular complexity index is 467. The summed E-state index contributed by atoms with van der Waals surface area (Å²) in [4.78, 5) is 11.4. The first-order chi connectivity index (χ1) is 7.80. The minimum atomic E-state index is -0.531. The lowest BCUT2D eigenvalue weighted by Crippen LogP contribution is -2.40. The molecule has 16 heavy (non-hydrogen) atoms. The SMILES string of the molecule is O=C1NC=CC2(CCCc3ccccc32)O1. The van der Waals surface area contributed by atoms with Crippen molar-refractivity contribution in [1.82, 2.24) is 5.32 Å². The van der Waals surface area contributed by atoms with E-state index >= 15 is 0 Å². The largest absolute Gasteiger partial charge is 0.433 e. The molecule has 1 aromatic rings. The van der Waals surface area contributed by atoms with Gasteiger partial charge in [-0.3, -0.25) is 5.32 Å². The monoisotopic (exact) mass is 215 g/mol. The van der Waals surface area contributed by atoms with Crippen molar-refractivity contribution in [1.29, 1.82) is 0 Å². The Balaban J connectivity index is 2.13. The Morgan fingerprint density at radius 3 is 3.06 bits per heavy atom. The summed E-state index contributed by atoms with van der Waals surface area (Å²) in [7, 11) is 0. The van der Waals surface area contributed by atoms with Gasteiger partial charge in [0.1, 0.15) is 0 Å². The fourth-order valence-electron chi connectivity index (χ4n) is 2.58. The number of carbonyl (C=O) groups is 1. The highest BCUT2D eigenvalue weighted by Crippen LogP contribution is 2.40. The van der Waals surface area contributed by atoms with Gasteiger partial charge in [-0.05, 0) is 30.9 Å². The maximum atomic E-state index is 11.4. The first kappa shape index (κ1) is 9.46. The van der Waals surface area contributed by atoms with Crippen LogP contribution >= 0.6 is 0 Å². The van der Waals surface area contributed by atoms with E-state index in [0.29, 0.717) is 0 Å². The van der Waals surface area contributed by atoms with E-state index in [1.807, 2.05) is 18.2 Å². The van der Waals surface area contributed by atoms with Gasteiger partial charge in [0, 0.05) is 11.8 Å². The first-order valence-corrected chi connectivity index (χ1v) is 5.56. The summed E-state index contributed by atoms with van der Waals surface area (Å²) in [6.07, 6.45) is 6.26. The molecule has 0 fully saturated rings. The summed E-state index contributed by atoms with van der Waals surface area (Å²) in [6.45, 7) is 0. The number of alkyl carbamates (subject to hydrolysis) is 1. The second-order valence-electron chi connectivity index (χ2n) is 4.27. The number of rotatable bonds is 0. The van der Waals surface area contributed by atoms with Crippen LogP contribution in [0.4, 0.5) is 4.79 Å². The van der Waals surface area contributed by atoms with Gasteiger partial charge >= 0.3 is 6.09 Å². The van der Waals surface area contributed by atoms with Gasteiger partial charge in [0.15, 0.2) is 5.60 Å². The maximum absolute atomic E-state index is 11.4. The fourth-order valence-corrected chi connectivity index (χ4v) is 2.58. The van der Waals surface area contributed by atoms with Gasteiger partial charge in [0.25, 0.3) is 0 Å². The van der Waals surface area contributed by atoms with Crippen molar-refractivity contribution in [2.24, 2.45) is 0 Å². The maximum Gasteiger partial charge on any atom is 0.412 e. The van der Waals surface area contributed by atoms with Crippen LogP contribution in [0.15, 0.2) is 36.5 Å². The van der Waals surface area contributed by atoms with E-state index in [2.05, 4.69) is 17.4 Å². The van der Waals surface area contributed by atoms with Gasteiger partial charge < -0.3 is 4.74 Å². The molecule has 3 nitrogen and oxygen atoms in total. The molecule has 82 valence electrons. The van der Waals surface area contributed by atoms with E-state index < -0.39 is 5.60 Å². The van der Waals surface area contributed by atoms with E-state index in [9.17, 15) is 4.79 Å². The Kier molecular flexibility index (Phi) is 1.99. The van der Waals surface area contributed by atoms with Crippen LogP contribution in [-0.2, 0) is 16.8 Å². The van der Waals surface area contributed by atoms with Crippen LogP contribution in [0.3, 0.4) is 0 Å². The average Bonchev–Trinajstić information content (AvgIpc) is 2.30. The summed E-state index contributed by atoms with van der Waals surface area (Å²) in [6, 6.07) is 8.19. The van der Waals surface area contributed by atoms with Gasteiger partial charge in [-0.15, -0.1) is 0 Å². The lowest BCUT2D eigenvalue weighted by molar-refractivity contribution is 0.0272. The minimum absolute atomic E-state index is 0.362. The molecule has 2 aliphatic rings. The molecule has 0 saturated heterocycles. The molecule has 0 bridgehead atoms. The first-order valence-electron chi connectivity index (χ1n) is 5.56. The third kappa shape index (κ3) is 1.32. The van der Waals surface area contributed by atoms with Gasteiger partial charge in [-0.25, -0.2) is 4.79 Å². The lowest BCUT2D eigenvalue weighted by Gasteiger charge is -2.37. The van der Waals surface area contributed by atoms with E-state index in [4.69, 9.17) is 4.74 Å². The number of fused-ring (bicyclic) bond motifs is 2. The van der Waals surface area contributed by atoms with Gasteiger partial charge in [-0.2, -0.15) is 0 Å². The molecule has 1 aromatic carbocycles. The number of amides is 1. The Morgan fingerprint density at radius 2 is 2.19 bits per heavy atom. The fraction of sp³-hybridized carbons (Fsp3) is 0.308. The third-order valence-electron chi connectivity index (χ3n) is 3.30. The summed E-state index contributed by atoms with van der Waals surface area (Å²) in [5.41, 5.74) is 1.89. The number of carbonyl (C=O) groups excluding carboxylic acids is 1. The van der Waals surface area contributed by atoms with Crippen LogP contribution in [0, 0.1) is 0 Å². The molecule has 1 heterocycles. The number of hydrogen-bond acceptors (Lipinski definition) is 2. The normalized spacial score (nSPS) is 27.1. The molecule has 1 amide bonds. The van der Waals surface area contributed by atoms with Crippen molar-refractivity contribution in [3.8, 4) is 0 Å². The highest BCUT2D eigenvalue weighted by Gasteiger charge is 2.39. The number of aryl methyl sites for hydroxylation is 1. The molecule has 1 aliphatic heterocycles. The predicted molar refractivity (Wildman–Crippen MR) is 59.8 cm³/mol. The second-order valence-corrected chi connectivity index (χ2v) is 4.27. The van der Waals surface area contributed by atoms with Crippen LogP contribution in [0.5, 0.6) is 0 Å². The quantitative estimate of drug-likeness (QED) is 0.722. The summed E-state index contributed by atoms with van der Waals surface area (Å²) in [5.74, 6) is 0. The topological polar surface area (TPSA) is 38.3 Å². The summed E-state index contributed by atoms with van der Waals surface area (Å²) in [5, 5.41) is 2.54. The van der Waals surface area contributed by atoms with Crippen molar-refractivity contribution < 1.29 is 9.53 Å². The molecule has 1 atom stereocenters. The van der Waals surface area contributed by atoms with E-state index in [-0.39, 0.29) is 6.09 Å². The second kappa shape index (κ2) is 3.37. The van der Waals surface area contributed by atoms with E-state index in [0.717, 1.165) is 24.8 Å². The molecule has 3 heteroatoms. The van der Waals surface area contributed by atoms with Crippen molar-refractivity contribution in [3.05, 3.63) is 47.7 Å². The number of nitrogens with one attached hydrogen (secondary N) is 1. The standard InChI is InChI=1S/C13H13NO2/c15-12-14-9-8-13(16-12)7-3-5-10-4-1-2-6-11(10)13/h1-2,4,6,8-9H,3,5,7H2,(H,14,15). The molecular formula is C13H13NO2. The Morgan fingerprint density at radius 1 is 1.31 bits per heavy atom. The molecule has 1 spiro atoms. The molecule has 0 radical (unpaired) electrons. The van der Waals surface area contributed by atoms with Crippen LogP contribution in [0.2, 0.25) is 0 Å². The molecule has 1 N–H and O–H groups in total. The van der Waals surface area contributed by atoms with Crippen molar-refractivity contribution in [3.63, 3.8) is 0 Å². The van der Waals surface area contributed by atoms with Crippen LogP contribution in [-0.4, -0.2) is 6.09 Å². The van der Waals surface area contributed by atoms with Crippen LogP contribution in [0.1, 0.15) is 24.0 Å².